The molecule has 3 N–H and O–H groups in total. The van der Waals surface area contributed by atoms with Gasteiger partial charge in [-0.3, -0.25) is 15.0 Å². The van der Waals surface area contributed by atoms with Gasteiger partial charge in [0, 0.05) is 23.3 Å². The van der Waals surface area contributed by atoms with E-state index in [-0.39, 0.29) is 13.1 Å². The Hall–Kier alpha value is -3.30. The van der Waals surface area contributed by atoms with Crippen molar-refractivity contribution < 1.29 is 14.6 Å². The van der Waals surface area contributed by atoms with Crippen LogP contribution >= 0.6 is 23.2 Å². The molecule has 1 atom stereocenters. The lowest BCUT2D eigenvalue weighted by atomic mass is 10.1. The summed E-state index contributed by atoms with van der Waals surface area (Å²) in [7, 11) is 0. The largest absolute Gasteiger partial charge is 0.486 e. The fraction of sp³-hybridized carbons (Fsp3) is 0.200. The smallest absolute Gasteiger partial charge is 0.408 e. The normalized spacial score (nSPS) is 14.1. The van der Waals surface area contributed by atoms with E-state index in [9.17, 15) is 4.79 Å². The maximum absolute atomic E-state index is 11.2. The molecule has 1 aliphatic rings. The van der Waals surface area contributed by atoms with Crippen LogP contribution < -0.4 is 4.74 Å². The van der Waals surface area contributed by atoms with E-state index in [1.165, 1.54) is 17.3 Å². The van der Waals surface area contributed by atoms with Gasteiger partial charge in [-0.2, -0.15) is 5.10 Å². The Morgan fingerprint density at radius 3 is 2.74 bits per heavy atom. The number of nitrogens with one attached hydrogen (secondary N) is 2. The summed E-state index contributed by atoms with van der Waals surface area (Å²) >= 11 is 12.5. The molecule has 158 valence electrons. The average molecular weight is 459 g/mol. The Kier molecular flexibility index (Phi) is 4.71. The Morgan fingerprint density at radius 1 is 1.26 bits per heavy atom. The summed E-state index contributed by atoms with van der Waals surface area (Å²) in [5, 5.41) is 18.2. The lowest BCUT2D eigenvalue weighted by Crippen LogP contribution is -2.23. The van der Waals surface area contributed by atoms with E-state index < -0.39 is 12.2 Å². The van der Waals surface area contributed by atoms with Gasteiger partial charge in [-0.05, 0) is 25.1 Å². The number of amides is 1. The van der Waals surface area contributed by atoms with Crippen LogP contribution in [0.5, 0.6) is 5.75 Å². The second-order valence-electron chi connectivity index (χ2n) is 7.21. The van der Waals surface area contributed by atoms with Crippen molar-refractivity contribution >= 4 is 40.2 Å². The molecule has 0 spiro atoms. The Morgan fingerprint density at radius 2 is 2.03 bits per heavy atom. The van der Waals surface area contributed by atoms with Gasteiger partial charge in [0.25, 0.3) is 0 Å². The fourth-order valence-electron chi connectivity index (χ4n) is 3.70. The molecule has 11 heteroatoms. The van der Waals surface area contributed by atoms with Gasteiger partial charge in [0.05, 0.1) is 40.0 Å². The van der Waals surface area contributed by atoms with E-state index in [0.717, 1.165) is 16.6 Å². The van der Waals surface area contributed by atoms with Crippen molar-refractivity contribution in [2.75, 3.05) is 0 Å². The zero-order valence-corrected chi connectivity index (χ0v) is 17.7. The minimum atomic E-state index is -0.969. The number of rotatable bonds is 4. The van der Waals surface area contributed by atoms with Gasteiger partial charge in [-0.1, -0.05) is 23.2 Å². The number of H-pyrrole nitrogens is 2. The summed E-state index contributed by atoms with van der Waals surface area (Å²) < 4.78 is 6.09. The topological polar surface area (TPSA) is 120 Å². The monoisotopic (exact) mass is 458 g/mol. The number of halogens is 2. The Balaban J connectivity index is 1.45. The van der Waals surface area contributed by atoms with Gasteiger partial charge >= 0.3 is 6.09 Å². The molecule has 31 heavy (non-hydrogen) atoms. The number of imidazole rings is 1. The van der Waals surface area contributed by atoms with Gasteiger partial charge in [-0.15, -0.1) is 0 Å². The highest BCUT2D eigenvalue weighted by molar-refractivity contribution is 6.35. The number of pyridine rings is 1. The molecule has 0 aliphatic carbocycles. The van der Waals surface area contributed by atoms with Crippen molar-refractivity contribution in [2.24, 2.45) is 0 Å². The third-order valence-corrected chi connectivity index (χ3v) is 5.80. The summed E-state index contributed by atoms with van der Waals surface area (Å²) in [6, 6.07) is 5.56. The molecule has 0 fully saturated rings. The molecule has 4 heterocycles. The highest BCUT2D eigenvalue weighted by Crippen LogP contribution is 2.35. The first kappa shape index (κ1) is 19.7. The van der Waals surface area contributed by atoms with E-state index in [1.54, 1.807) is 0 Å². The molecule has 5 rings (SSSR count). The first-order valence-corrected chi connectivity index (χ1v) is 10.2. The van der Waals surface area contributed by atoms with Gasteiger partial charge < -0.3 is 14.8 Å². The minimum Gasteiger partial charge on any atom is -0.486 e. The zero-order chi connectivity index (χ0) is 21.7. The van der Waals surface area contributed by atoms with E-state index >= 15 is 0 Å². The molecule has 1 aromatic carbocycles. The molecular formula is C20H16Cl2N6O3. The number of ether oxygens (including phenoxy) is 1. The molecule has 0 saturated heterocycles. The molecule has 0 radical (unpaired) electrons. The van der Waals surface area contributed by atoms with Gasteiger partial charge in [0.2, 0.25) is 0 Å². The standard InChI is InChI=1S/C20H16Cl2N6O3/c1-9(17-12(21)5-23-6-13(17)22)31-10-2-3-14-11(4-10)18(27-26-14)19-24-15-7-28(20(29)30)8-16(15)25-19/h2-6,9H,7-8H2,1H3,(H,24,25)(H,26,27)(H,29,30). The minimum absolute atomic E-state index is 0.253. The van der Waals surface area contributed by atoms with Gasteiger partial charge in [-0.25, -0.2) is 9.78 Å². The predicted octanol–water partition coefficient (Wildman–Crippen LogP) is 4.79. The number of hydrogen-bond donors (Lipinski definition) is 3. The van der Waals surface area contributed by atoms with Crippen LogP contribution in [0.3, 0.4) is 0 Å². The van der Waals surface area contributed by atoms with E-state index in [1.807, 2.05) is 25.1 Å². The zero-order valence-electron chi connectivity index (χ0n) is 16.2. The average Bonchev–Trinajstić information content (AvgIpc) is 3.40. The molecule has 1 unspecified atom stereocenters. The van der Waals surface area contributed by atoms with Crippen LogP contribution in [0, 0.1) is 0 Å². The van der Waals surface area contributed by atoms with Crippen LogP contribution in [0.2, 0.25) is 10.0 Å². The fourth-order valence-corrected chi connectivity index (χ4v) is 4.37. The number of carboxylic acid groups (broad SMARTS) is 1. The third kappa shape index (κ3) is 3.45. The number of benzene rings is 1. The molecule has 9 nitrogen and oxygen atoms in total. The quantitative estimate of drug-likeness (QED) is 0.404. The van der Waals surface area contributed by atoms with Crippen LogP contribution in [-0.2, 0) is 13.1 Å². The van der Waals surface area contributed by atoms with Gasteiger partial charge in [0.1, 0.15) is 17.5 Å². The first-order valence-electron chi connectivity index (χ1n) is 9.40. The van der Waals surface area contributed by atoms with E-state index in [0.29, 0.717) is 38.6 Å². The third-order valence-electron chi connectivity index (χ3n) is 5.19. The predicted molar refractivity (Wildman–Crippen MR) is 114 cm³/mol. The lowest BCUT2D eigenvalue weighted by Gasteiger charge is -2.17. The van der Waals surface area contributed by atoms with Crippen molar-refractivity contribution in [3.63, 3.8) is 0 Å². The van der Waals surface area contributed by atoms with Crippen LogP contribution in [-0.4, -0.2) is 41.2 Å². The summed E-state index contributed by atoms with van der Waals surface area (Å²) in [5.41, 5.74) is 3.59. The number of fused-ring (bicyclic) bond motifs is 2. The van der Waals surface area contributed by atoms with E-state index in [2.05, 4.69) is 25.1 Å². The Labute approximate surface area is 186 Å². The molecule has 3 aromatic heterocycles. The van der Waals surface area contributed by atoms with Crippen molar-refractivity contribution in [1.29, 1.82) is 0 Å². The highest BCUT2D eigenvalue weighted by atomic mass is 35.5. The van der Waals surface area contributed by atoms with E-state index in [4.69, 9.17) is 33.0 Å². The van der Waals surface area contributed by atoms with Crippen LogP contribution in [0.1, 0.15) is 30.0 Å². The second kappa shape index (κ2) is 7.44. The van der Waals surface area contributed by atoms with Crippen molar-refractivity contribution in [3.8, 4) is 17.3 Å². The summed E-state index contributed by atoms with van der Waals surface area (Å²) in [5.74, 6) is 1.19. The van der Waals surface area contributed by atoms with Crippen LogP contribution in [0.4, 0.5) is 4.79 Å². The lowest BCUT2D eigenvalue weighted by molar-refractivity contribution is 0.144. The molecule has 0 saturated carbocycles. The molecule has 1 amide bonds. The number of carbonyl (C=O) groups is 1. The SMILES string of the molecule is CC(Oc1ccc2[nH]nc(-c3nc4c([nH]3)CN(C(=O)O)C4)c2c1)c1c(Cl)cncc1Cl. The Bertz CT molecular complexity index is 1270. The van der Waals surface area contributed by atoms with Crippen LogP contribution in [0.25, 0.3) is 22.4 Å². The molecule has 0 bridgehead atoms. The van der Waals surface area contributed by atoms with Crippen molar-refractivity contribution in [1.82, 2.24) is 30.0 Å². The number of aromatic nitrogens is 5. The summed E-state index contributed by atoms with van der Waals surface area (Å²) in [4.78, 5) is 24.2. The number of aromatic amines is 2. The first-order chi connectivity index (χ1) is 14.9. The highest BCUT2D eigenvalue weighted by Gasteiger charge is 2.27. The van der Waals surface area contributed by atoms with Crippen molar-refractivity contribution in [3.05, 3.63) is 57.6 Å². The second-order valence-corrected chi connectivity index (χ2v) is 8.02. The molecule has 4 aromatic rings. The van der Waals surface area contributed by atoms with Crippen LogP contribution in [0.15, 0.2) is 30.6 Å². The number of nitrogens with zero attached hydrogens (tertiary/aromatic N) is 4. The summed E-state index contributed by atoms with van der Waals surface area (Å²) in [6.45, 7) is 2.39. The van der Waals surface area contributed by atoms with Crippen molar-refractivity contribution in [2.45, 2.75) is 26.1 Å². The molecular weight excluding hydrogens is 443 g/mol. The molecule has 1 aliphatic heterocycles. The summed E-state index contributed by atoms with van der Waals surface area (Å²) in [6.07, 6.45) is 1.69. The number of hydrogen-bond acceptors (Lipinski definition) is 5. The van der Waals surface area contributed by atoms with Gasteiger partial charge in [0.15, 0.2) is 5.82 Å². The maximum atomic E-state index is 11.2. The maximum Gasteiger partial charge on any atom is 0.408 e.